The van der Waals surface area contributed by atoms with E-state index in [4.69, 9.17) is 16.3 Å². The molecule has 6 heteroatoms. The third kappa shape index (κ3) is 6.26. The Morgan fingerprint density at radius 1 is 0.889 bits per heavy atom. The number of benzodiazepines with no additional fused rings is 1. The molecule has 0 saturated carbocycles. The Bertz CT molecular complexity index is 1360. The number of fused-ring (bicyclic) bond motifs is 1. The average Bonchev–Trinajstić information content (AvgIpc) is 3.05. The van der Waals surface area contributed by atoms with Gasteiger partial charge in [-0.25, -0.2) is 4.79 Å². The Balaban J connectivity index is 0.000000174. The first-order chi connectivity index (χ1) is 17.5. The van der Waals surface area contributed by atoms with Gasteiger partial charge in [0.1, 0.15) is 13.2 Å². The van der Waals surface area contributed by atoms with Crippen LogP contribution in [-0.4, -0.2) is 31.2 Å². The highest BCUT2D eigenvalue weighted by Gasteiger charge is 2.22. The summed E-state index contributed by atoms with van der Waals surface area (Å²) in [5.74, 6) is -0.316. The molecule has 0 radical (unpaired) electrons. The fourth-order valence-electron chi connectivity index (χ4n) is 3.69. The van der Waals surface area contributed by atoms with E-state index in [2.05, 4.69) is 4.99 Å². The molecule has 4 aromatic carbocycles. The number of carbonyl (C=O) groups is 2. The van der Waals surface area contributed by atoms with Crippen LogP contribution in [0.25, 0.3) is 0 Å². The second-order valence-corrected chi connectivity index (χ2v) is 8.51. The lowest BCUT2D eigenvalue weighted by Gasteiger charge is -2.18. The molecule has 36 heavy (non-hydrogen) atoms. The Labute approximate surface area is 215 Å². The van der Waals surface area contributed by atoms with E-state index in [0.29, 0.717) is 17.2 Å². The van der Waals surface area contributed by atoms with Gasteiger partial charge in [0.05, 0.1) is 17.0 Å². The minimum Gasteiger partial charge on any atom is -0.457 e. The SMILES string of the molecule is CN1C(=O)CN=C(c2ccccc2)c2cc(Cl)ccc21.O=C(OCc1ccccc1)c1ccccc1. The monoisotopic (exact) mass is 496 g/mol. The maximum Gasteiger partial charge on any atom is 0.338 e. The molecule has 0 saturated heterocycles. The van der Waals surface area contributed by atoms with Crippen LogP contribution in [0.1, 0.15) is 27.0 Å². The van der Waals surface area contributed by atoms with E-state index < -0.39 is 0 Å². The van der Waals surface area contributed by atoms with Gasteiger partial charge in [-0.15, -0.1) is 0 Å². The molecule has 5 nitrogen and oxygen atoms in total. The highest BCUT2D eigenvalue weighted by molar-refractivity contribution is 6.32. The van der Waals surface area contributed by atoms with E-state index in [1.54, 1.807) is 30.1 Å². The first-order valence-electron chi connectivity index (χ1n) is 11.5. The van der Waals surface area contributed by atoms with Crippen molar-refractivity contribution in [3.8, 4) is 0 Å². The van der Waals surface area contributed by atoms with Crippen molar-refractivity contribution in [2.75, 3.05) is 18.5 Å². The van der Waals surface area contributed by atoms with Crippen LogP contribution in [-0.2, 0) is 16.1 Å². The van der Waals surface area contributed by atoms with Crippen LogP contribution in [0.3, 0.4) is 0 Å². The molecule has 0 atom stereocenters. The molecule has 5 rings (SSSR count). The molecule has 1 heterocycles. The molecular weight excluding hydrogens is 472 g/mol. The lowest BCUT2D eigenvalue weighted by atomic mass is 10.0. The number of hydrogen-bond acceptors (Lipinski definition) is 4. The van der Waals surface area contributed by atoms with Gasteiger partial charge in [-0.2, -0.15) is 0 Å². The fourth-order valence-corrected chi connectivity index (χ4v) is 3.86. The zero-order valence-electron chi connectivity index (χ0n) is 19.8. The number of ether oxygens (including phenoxy) is 1. The van der Waals surface area contributed by atoms with E-state index in [0.717, 1.165) is 28.1 Å². The van der Waals surface area contributed by atoms with Crippen molar-refractivity contribution < 1.29 is 14.3 Å². The minimum absolute atomic E-state index is 0.0282. The molecule has 1 aliphatic rings. The summed E-state index contributed by atoms with van der Waals surface area (Å²) in [6, 6.07) is 34.0. The van der Waals surface area contributed by atoms with Crippen LogP contribution in [0.5, 0.6) is 0 Å². The maximum atomic E-state index is 12.0. The number of aliphatic imine (C=N–C) groups is 1. The molecule has 0 unspecified atom stereocenters. The van der Waals surface area contributed by atoms with Gasteiger partial charge < -0.3 is 9.64 Å². The van der Waals surface area contributed by atoms with Crippen molar-refractivity contribution >= 4 is 34.9 Å². The van der Waals surface area contributed by atoms with Crippen LogP contribution in [0, 0.1) is 0 Å². The van der Waals surface area contributed by atoms with E-state index in [-0.39, 0.29) is 18.4 Å². The summed E-state index contributed by atoms with van der Waals surface area (Å²) in [4.78, 5) is 29.7. The van der Waals surface area contributed by atoms with Gasteiger partial charge in [0, 0.05) is 23.2 Å². The van der Waals surface area contributed by atoms with Crippen LogP contribution in [0.15, 0.2) is 114 Å². The number of rotatable bonds is 4. The molecule has 0 bridgehead atoms. The van der Waals surface area contributed by atoms with Gasteiger partial charge in [-0.1, -0.05) is 90.5 Å². The molecule has 0 aromatic heterocycles. The lowest BCUT2D eigenvalue weighted by Crippen LogP contribution is -2.27. The summed E-state index contributed by atoms with van der Waals surface area (Å²) in [7, 11) is 1.76. The minimum atomic E-state index is -0.288. The summed E-state index contributed by atoms with van der Waals surface area (Å²) in [6.45, 7) is 0.460. The van der Waals surface area contributed by atoms with Crippen molar-refractivity contribution in [1.29, 1.82) is 0 Å². The van der Waals surface area contributed by atoms with Crippen molar-refractivity contribution in [2.45, 2.75) is 6.61 Å². The van der Waals surface area contributed by atoms with Crippen LogP contribution < -0.4 is 4.90 Å². The Morgan fingerprint density at radius 3 is 2.17 bits per heavy atom. The lowest BCUT2D eigenvalue weighted by molar-refractivity contribution is -0.116. The summed E-state index contributed by atoms with van der Waals surface area (Å²) in [5.41, 5.74) is 5.08. The normalized spacial score (nSPS) is 12.4. The third-order valence-electron chi connectivity index (χ3n) is 5.59. The summed E-state index contributed by atoms with van der Waals surface area (Å²) < 4.78 is 5.18. The number of nitrogens with zero attached hydrogens (tertiary/aromatic N) is 2. The predicted octanol–water partition coefficient (Wildman–Crippen LogP) is 6.20. The number of halogens is 1. The average molecular weight is 497 g/mol. The second-order valence-electron chi connectivity index (χ2n) is 8.07. The van der Waals surface area contributed by atoms with E-state index in [1.165, 1.54) is 0 Å². The number of carbonyl (C=O) groups excluding carboxylic acids is 2. The number of likely N-dealkylation sites (N-methyl/N-ethyl adjacent to an activating group) is 1. The highest BCUT2D eigenvalue weighted by atomic mass is 35.5. The van der Waals surface area contributed by atoms with E-state index in [1.807, 2.05) is 91.0 Å². The summed E-state index contributed by atoms with van der Waals surface area (Å²) in [5, 5.41) is 0.634. The van der Waals surface area contributed by atoms with Crippen molar-refractivity contribution in [3.63, 3.8) is 0 Å². The van der Waals surface area contributed by atoms with Crippen molar-refractivity contribution in [1.82, 2.24) is 0 Å². The topological polar surface area (TPSA) is 59.0 Å². The number of benzene rings is 4. The van der Waals surface area contributed by atoms with E-state index in [9.17, 15) is 9.59 Å². The van der Waals surface area contributed by atoms with Gasteiger partial charge >= 0.3 is 5.97 Å². The van der Waals surface area contributed by atoms with Crippen molar-refractivity contribution in [3.05, 3.63) is 136 Å². The van der Waals surface area contributed by atoms with Crippen LogP contribution >= 0.6 is 11.6 Å². The van der Waals surface area contributed by atoms with Gasteiger partial charge in [0.2, 0.25) is 5.91 Å². The van der Waals surface area contributed by atoms with Gasteiger partial charge in [0.15, 0.2) is 0 Å². The molecule has 0 N–H and O–H groups in total. The van der Waals surface area contributed by atoms with Crippen LogP contribution in [0.2, 0.25) is 5.02 Å². The molecule has 4 aromatic rings. The van der Waals surface area contributed by atoms with E-state index >= 15 is 0 Å². The molecule has 0 aliphatic carbocycles. The maximum absolute atomic E-state index is 12.0. The third-order valence-corrected chi connectivity index (χ3v) is 5.83. The summed E-state index contributed by atoms with van der Waals surface area (Å²) in [6.07, 6.45) is 0. The Hall–Kier alpha value is -4.22. The molecule has 1 aliphatic heterocycles. The van der Waals surface area contributed by atoms with Gasteiger partial charge in [-0.3, -0.25) is 9.79 Å². The summed E-state index contributed by atoms with van der Waals surface area (Å²) >= 11 is 6.11. The Morgan fingerprint density at radius 2 is 1.50 bits per heavy atom. The Kier molecular flexibility index (Phi) is 8.27. The van der Waals surface area contributed by atoms with Gasteiger partial charge in [0.25, 0.3) is 0 Å². The number of amides is 1. The number of esters is 1. The molecule has 180 valence electrons. The highest BCUT2D eigenvalue weighted by Crippen LogP contribution is 2.28. The largest absolute Gasteiger partial charge is 0.457 e. The van der Waals surface area contributed by atoms with Crippen molar-refractivity contribution in [2.24, 2.45) is 4.99 Å². The predicted molar refractivity (Wildman–Crippen MR) is 144 cm³/mol. The first kappa shape index (κ1) is 24.9. The zero-order chi connectivity index (χ0) is 25.3. The molecule has 0 fully saturated rings. The standard InChI is InChI=1S/C16H13ClN2O.C14H12O2/c1-19-14-8-7-12(17)9-13(14)16(18-10-15(19)20)11-5-3-2-4-6-11;15-14(13-9-5-2-6-10-13)16-11-12-7-3-1-4-8-12/h2-9H,10H2,1H3;1-10H,11H2. The number of anilines is 1. The number of hydrogen-bond donors (Lipinski definition) is 0. The fraction of sp³-hybridized carbons (Fsp3) is 0.100. The second kappa shape index (κ2) is 12.0. The smallest absolute Gasteiger partial charge is 0.338 e. The van der Waals surface area contributed by atoms with Gasteiger partial charge in [-0.05, 0) is 35.9 Å². The molecule has 0 spiro atoms. The quantitative estimate of drug-likeness (QED) is 0.316. The molecular formula is C30H25ClN2O3. The zero-order valence-corrected chi connectivity index (χ0v) is 20.6. The first-order valence-corrected chi connectivity index (χ1v) is 11.8. The molecule has 1 amide bonds. The van der Waals surface area contributed by atoms with Crippen LogP contribution in [0.4, 0.5) is 5.69 Å².